The third-order valence-electron chi connectivity index (χ3n) is 4.76. The Hall–Kier alpha value is -3.66. The molecule has 1 aliphatic rings. The summed E-state index contributed by atoms with van der Waals surface area (Å²) in [6.07, 6.45) is 0.0404. The average molecular weight is 509 g/mol. The molecule has 0 saturated heterocycles. The number of nitrogens with zero attached hydrogens (tertiary/aromatic N) is 3. The van der Waals surface area contributed by atoms with E-state index in [1.54, 1.807) is 6.92 Å². The van der Waals surface area contributed by atoms with Gasteiger partial charge < -0.3 is 19.9 Å². The number of carbonyl (C=O) groups excluding carboxylic acids is 2. The molecule has 1 amide bonds. The third kappa shape index (κ3) is 5.45. The molecule has 34 heavy (non-hydrogen) atoms. The van der Waals surface area contributed by atoms with Crippen LogP contribution in [0.5, 0.6) is 11.6 Å². The van der Waals surface area contributed by atoms with E-state index in [1.165, 1.54) is 18.2 Å². The molecular weight excluding hydrogens is 491 g/mol. The molecule has 1 aliphatic carbocycles. The zero-order valence-corrected chi connectivity index (χ0v) is 19.2. The number of nitrogens with one attached hydrogen (secondary N) is 3. The van der Waals surface area contributed by atoms with Crippen molar-refractivity contribution < 1.29 is 24.2 Å². The van der Waals surface area contributed by atoms with E-state index in [0.29, 0.717) is 24.0 Å². The van der Waals surface area contributed by atoms with E-state index in [-0.39, 0.29) is 46.4 Å². The Morgan fingerprint density at radius 2 is 2.09 bits per heavy atom. The van der Waals surface area contributed by atoms with E-state index in [9.17, 15) is 19.5 Å². The van der Waals surface area contributed by atoms with Crippen molar-refractivity contribution in [2.75, 3.05) is 18.6 Å². The number of amides is 1. The number of benzene rings is 1. The molecule has 1 unspecified atom stereocenters. The molecule has 1 heterocycles. The number of carbonyl (C=O) groups is 2. The zero-order valence-electron chi connectivity index (χ0n) is 17.6. The van der Waals surface area contributed by atoms with E-state index in [2.05, 4.69) is 30.8 Å². The van der Waals surface area contributed by atoms with Gasteiger partial charge in [0.1, 0.15) is 6.07 Å². The van der Waals surface area contributed by atoms with Crippen molar-refractivity contribution in [1.82, 2.24) is 15.5 Å². The van der Waals surface area contributed by atoms with Gasteiger partial charge >= 0.3 is 12.1 Å². The summed E-state index contributed by atoms with van der Waals surface area (Å²) in [5.41, 5.74) is 2.49. The predicted molar refractivity (Wildman–Crippen MR) is 121 cm³/mol. The number of halogens is 2. The summed E-state index contributed by atoms with van der Waals surface area (Å²) in [6.45, 7) is 1.68. The minimum atomic E-state index is -1.25. The van der Waals surface area contributed by atoms with Crippen LogP contribution in [0.2, 0.25) is 10.0 Å². The van der Waals surface area contributed by atoms with Gasteiger partial charge in [-0.15, -0.1) is 5.10 Å². The molecule has 0 radical (unpaired) electrons. The SMILES string of the molecule is CCNC(=O)OC(=O)/C(C#N)=N/Nc1cc(Cl)c(Oc2n[nH]c(=O)c3c2CCC3CO)c(Cl)c1. The summed E-state index contributed by atoms with van der Waals surface area (Å²) in [5.74, 6) is -1.41. The van der Waals surface area contributed by atoms with Crippen molar-refractivity contribution in [1.29, 1.82) is 5.26 Å². The number of H-pyrrole nitrogens is 1. The van der Waals surface area contributed by atoms with Gasteiger partial charge in [-0.05, 0) is 31.9 Å². The van der Waals surface area contributed by atoms with E-state index in [4.69, 9.17) is 33.2 Å². The highest BCUT2D eigenvalue weighted by atomic mass is 35.5. The zero-order chi connectivity index (χ0) is 24.8. The quantitative estimate of drug-likeness (QED) is 0.189. The molecule has 0 spiro atoms. The Balaban J connectivity index is 1.80. The Labute approximate surface area is 202 Å². The molecule has 178 valence electrons. The van der Waals surface area contributed by atoms with Crippen molar-refractivity contribution in [3.8, 4) is 17.7 Å². The summed E-state index contributed by atoms with van der Waals surface area (Å²) >= 11 is 12.6. The van der Waals surface area contributed by atoms with E-state index >= 15 is 0 Å². The smallest absolute Gasteiger partial charge is 0.415 e. The van der Waals surface area contributed by atoms with Gasteiger partial charge in [0.15, 0.2) is 5.75 Å². The predicted octanol–water partition coefficient (Wildman–Crippen LogP) is 2.46. The number of fused-ring (bicyclic) bond motifs is 1. The van der Waals surface area contributed by atoms with Crippen LogP contribution in [-0.2, 0) is 16.0 Å². The summed E-state index contributed by atoms with van der Waals surface area (Å²) in [6, 6.07) is 4.24. The number of hydrazone groups is 1. The van der Waals surface area contributed by atoms with Gasteiger partial charge in [-0.1, -0.05) is 23.2 Å². The number of aromatic nitrogens is 2. The molecule has 1 aromatic carbocycles. The van der Waals surface area contributed by atoms with E-state index < -0.39 is 23.3 Å². The second-order valence-electron chi connectivity index (χ2n) is 6.93. The molecule has 1 aromatic heterocycles. The number of alkyl carbamates (subject to hydrolysis) is 1. The largest absolute Gasteiger partial charge is 0.434 e. The van der Waals surface area contributed by atoms with E-state index in [1.807, 2.05) is 0 Å². The standard InChI is InChI=1S/C20H18Cl2N6O6/c1-2-24-20(32)34-19(31)14(7-23)26-25-10-5-12(21)16(13(22)6-10)33-18-11-4-3-9(8-29)15(11)17(30)27-28-18/h5-6,9,25,29H,2-4,8H2,1H3,(H,24,32)(H,27,30)/b26-14+. The number of aliphatic hydroxyl groups excluding tert-OH is 1. The first-order valence-electron chi connectivity index (χ1n) is 9.92. The first-order valence-corrected chi connectivity index (χ1v) is 10.7. The van der Waals surface area contributed by atoms with Crippen LogP contribution in [-0.4, -0.2) is 46.2 Å². The monoisotopic (exact) mass is 508 g/mol. The van der Waals surface area contributed by atoms with Gasteiger partial charge in [0, 0.05) is 23.6 Å². The first-order chi connectivity index (χ1) is 16.3. The Bertz CT molecular complexity index is 1230. The summed E-state index contributed by atoms with van der Waals surface area (Å²) in [5, 5.41) is 30.8. The number of aliphatic hydroxyl groups is 1. The summed E-state index contributed by atoms with van der Waals surface area (Å²) < 4.78 is 10.2. The van der Waals surface area contributed by atoms with Crippen LogP contribution in [0.4, 0.5) is 10.5 Å². The molecule has 4 N–H and O–H groups in total. The molecule has 2 aromatic rings. The topological polar surface area (TPSA) is 179 Å². The van der Waals surface area contributed by atoms with Crippen LogP contribution in [0.25, 0.3) is 0 Å². The minimum absolute atomic E-state index is 0.0343. The van der Waals surface area contributed by atoms with Crippen LogP contribution >= 0.6 is 23.2 Å². The van der Waals surface area contributed by atoms with Gasteiger partial charge in [-0.25, -0.2) is 14.7 Å². The van der Waals surface area contributed by atoms with Crippen LogP contribution in [0.15, 0.2) is 22.0 Å². The third-order valence-corrected chi connectivity index (χ3v) is 5.32. The normalized spacial score (nSPS) is 14.7. The molecule has 0 bridgehead atoms. The maximum absolute atomic E-state index is 12.1. The highest BCUT2D eigenvalue weighted by molar-refractivity contribution is 6.44. The van der Waals surface area contributed by atoms with Crippen LogP contribution in [0.3, 0.4) is 0 Å². The second-order valence-corrected chi connectivity index (χ2v) is 7.75. The maximum Gasteiger partial charge on any atom is 0.415 e. The average Bonchev–Trinajstić information content (AvgIpc) is 3.23. The summed E-state index contributed by atoms with van der Waals surface area (Å²) in [7, 11) is 0. The fourth-order valence-corrected chi connectivity index (χ4v) is 3.82. The molecule has 3 rings (SSSR count). The van der Waals surface area contributed by atoms with Crippen molar-refractivity contribution >= 4 is 46.7 Å². The Kier molecular flexibility index (Phi) is 8.06. The lowest BCUT2D eigenvalue weighted by atomic mass is 10.1. The number of ether oxygens (including phenoxy) is 2. The van der Waals surface area contributed by atoms with Crippen molar-refractivity contribution in [2.45, 2.75) is 25.7 Å². The van der Waals surface area contributed by atoms with Gasteiger partial charge in [0.05, 0.1) is 22.3 Å². The number of aromatic amines is 1. The van der Waals surface area contributed by atoms with Crippen LogP contribution in [0, 0.1) is 11.3 Å². The number of anilines is 1. The lowest BCUT2D eigenvalue weighted by molar-refractivity contribution is -0.129. The van der Waals surface area contributed by atoms with Crippen LogP contribution < -0.4 is 21.0 Å². The Morgan fingerprint density at radius 1 is 1.38 bits per heavy atom. The van der Waals surface area contributed by atoms with Gasteiger partial charge in [0.2, 0.25) is 11.6 Å². The van der Waals surface area contributed by atoms with Crippen molar-refractivity contribution in [2.24, 2.45) is 5.10 Å². The van der Waals surface area contributed by atoms with Crippen LogP contribution in [0.1, 0.15) is 30.4 Å². The fourth-order valence-electron chi connectivity index (χ4n) is 3.25. The van der Waals surface area contributed by atoms with Crippen molar-refractivity contribution in [3.05, 3.63) is 43.7 Å². The Morgan fingerprint density at radius 3 is 2.71 bits per heavy atom. The summed E-state index contributed by atoms with van der Waals surface area (Å²) in [4.78, 5) is 35.3. The molecule has 1 atom stereocenters. The molecule has 0 saturated carbocycles. The molecule has 12 nitrogen and oxygen atoms in total. The van der Waals surface area contributed by atoms with Crippen molar-refractivity contribution in [3.63, 3.8) is 0 Å². The lowest BCUT2D eigenvalue weighted by Crippen LogP contribution is -2.29. The highest BCUT2D eigenvalue weighted by Gasteiger charge is 2.30. The fraction of sp³-hybridized carbons (Fsp3) is 0.300. The van der Waals surface area contributed by atoms with Gasteiger partial charge in [-0.2, -0.15) is 10.4 Å². The number of esters is 1. The molecule has 0 fully saturated rings. The number of hydrogen-bond donors (Lipinski definition) is 4. The molecule has 0 aliphatic heterocycles. The number of rotatable bonds is 7. The minimum Gasteiger partial charge on any atom is -0.434 e. The van der Waals surface area contributed by atoms with Gasteiger partial charge in [0.25, 0.3) is 5.56 Å². The highest BCUT2D eigenvalue weighted by Crippen LogP contribution is 2.41. The molecular formula is C20H18Cl2N6O6. The van der Waals surface area contributed by atoms with Gasteiger partial charge in [-0.3, -0.25) is 10.2 Å². The first kappa shape index (κ1) is 25.0. The van der Waals surface area contributed by atoms with E-state index in [0.717, 1.165) is 0 Å². The lowest BCUT2D eigenvalue weighted by Gasteiger charge is -2.13. The second kappa shape index (κ2) is 11.0. The molecule has 14 heteroatoms. The number of hydrogen-bond acceptors (Lipinski definition) is 10. The maximum atomic E-state index is 12.1. The number of nitriles is 1.